The fraction of sp³-hybridized carbons (Fsp3) is 0.250. The topological polar surface area (TPSA) is 36.9 Å². The Labute approximate surface area is 82.8 Å². The van der Waals surface area contributed by atoms with Crippen LogP contribution in [0.2, 0.25) is 0 Å². The average Bonchev–Trinajstić information content (AvgIpc) is 2.59. The molecule has 14 heavy (non-hydrogen) atoms. The molecule has 1 aromatic heterocycles. The van der Waals surface area contributed by atoms with Gasteiger partial charge in [-0.1, -0.05) is 13.8 Å². The zero-order valence-electron chi connectivity index (χ0n) is 8.24. The Morgan fingerprint density at radius 2 is 2.07 bits per heavy atom. The van der Waals surface area contributed by atoms with Gasteiger partial charge >= 0.3 is 0 Å². The van der Waals surface area contributed by atoms with E-state index in [0.717, 1.165) is 16.7 Å². The van der Waals surface area contributed by atoms with Gasteiger partial charge in [-0.15, -0.1) is 0 Å². The van der Waals surface area contributed by atoms with Crippen molar-refractivity contribution < 1.29 is 4.42 Å². The first-order valence-corrected chi connectivity index (χ1v) is 4.64. The molecule has 0 unspecified atom stereocenters. The zero-order chi connectivity index (χ0) is 10.1. The van der Waals surface area contributed by atoms with E-state index in [9.17, 15) is 0 Å². The van der Waals surface area contributed by atoms with Crippen LogP contribution in [0, 0.1) is 11.3 Å². The fourth-order valence-corrected chi connectivity index (χ4v) is 1.42. The van der Waals surface area contributed by atoms with Crippen molar-refractivity contribution in [2.45, 2.75) is 19.8 Å². The number of benzene rings is 1. The van der Waals surface area contributed by atoms with E-state index in [2.05, 4.69) is 19.9 Å². The average molecular weight is 185 g/mol. The van der Waals surface area contributed by atoms with E-state index >= 15 is 0 Å². The molecule has 2 heteroatoms. The molecule has 0 aliphatic heterocycles. The van der Waals surface area contributed by atoms with Gasteiger partial charge in [0.15, 0.2) is 0 Å². The summed E-state index contributed by atoms with van der Waals surface area (Å²) in [6.45, 7) is 4.17. The lowest BCUT2D eigenvalue weighted by Gasteiger charge is -1.95. The van der Waals surface area contributed by atoms with E-state index in [0.29, 0.717) is 11.5 Å². The third-order valence-corrected chi connectivity index (χ3v) is 2.23. The summed E-state index contributed by atoms with van der Waals surface area (Å²) >= 11 is 0. The molecule has 0 saturated carbocycles. The first-order chi connectivity index (χ1) is 6.70. The summed E-state index contributed by atoms with van der Waals surface area (Å²) in [6.07, 6.45) is 0. The maximum atomic E-state index is 8.73. The van der Waals surface area contributed by atoms with Crippen LogP contribution < -0.4 is 0 Å². The van der Waals surface area contributed by atoms with Crippen molar-refractivity contribution in [1.82, 2.24) is 0 Å². The quantitative estimate of drug-likeness (QED) is 0.682. The highest BCUT2D eigenvalue weighted by molar-refractivity contribution is 5.79. The van der Waals surface area contributed by atoms with Crippen LogP contribution in [0.25, 0.3) is 11.0 Å². The van der Waals surface area contributed by atoms with Gasteiger partial charge in [0, 0.05) is 11.3 Å². The zero-order valence-corrected chi connectivity index (χ0v) is 8.24. The van der Waals surface area contributed by atoms with Gasteiger partial charge < -0.3 is 4.42 Å². The molecule has 70 valence electrons. The van der Waals surface area contributed by atoms with E-state index in [4.69, 9.17) is 9.68 Å². The molecule has 0 fully saturated rings. The van der Waals surface area contributed by atoms with Gasteiger partial charge in [-0.3, -0.25) is 0 Å². The van der Waals surface area contributed by atoms with Crippen molar-refractivity contribution in [3.8, 4) is 6.07 Å². The highest BCUT2D eigenvalue weighted by Gasteiger charge is 2.07. The molecule has 2 nitrogen and oxygen atoms in total. The van der Waals surface area contributed by atoms with Crippen LogP contribution in [-0.2, 0) is 0 Å². The molecule has 2 rings (SSSR count). The van der Waals surface area contributed by atoms with Crippen molar-refractivity contribution >= 4 is 11.0 Å². The molecule has 0 radical (unpaired) electrons. The molecular formula is C12H11NO. The second-order valence-electron chi connectivity index (χ2n) is 3.67. The van der Waals surface area contributed by atoms with Gasteiger partial charge in [0.25, 0.3) is 0 Å². The molecular weight excluding hydrogens is 174 g/mol. The highest BCUT2D eigenvalue weighted by atomic mass is 16.3. The first-order valence-electron chi connectivity index (χ1n) is 4.64. The first kappa shape index (κ1) is 8.83. The Kier molecular flexibility index (Phi) is 2.01. The highest BCUT2D eigenvalue weighted by Crippen LogP contribution is 2.25. The van der Waals surface area contributed by atoms with E-state index in [-0.39, 0.29) is 0 Å². The molecule has 0 aliphatic rings. The number of furan rings is 1. The molecule has 0 aliphatic carbocycles. The number of hydrogen-bond acceptors (Lipinski definition) is 2. The summed E-state index contributed by atoms with van der Waals surface area (Å²) in [6, 6.07) is 9.59. The van der Waals surface area contributed by atoms with E-state index in [1.807, 2.05) is 18.2 Å². The van der Waals surface area contributed by atoms with Gasteiger partial charge in [-0.05, 0) is 24.3 Å². The lowest BCUT2D eigenvalue weighted by molar-refractivity contribution is 0.522. The van der Waals surface area contributed by atoms with Crippen molar-refractivity contribution in [3.05, 3.63) is 35.6 Å². The van der Waals surface area contributed by atoms with Crippen LogP contribution in [0.3, 0.4) is 0 Å². The standard InChI is InChI=1S/C12H11NO/c1-8(2)12-6-10-5-9(7-13)3-4-11(10)14-12/h3-6,8H,1-2H3. The van der Waals surface area contributed by atoms with Crippen molar-refractivity contribution in [2.75, 3.05) is 0 Å². The SMILES string of the molecule is CC(C)c1cc2cc(C#N)ccc2o1. The predicted octanol–water partition coefficient (Wildman–Crippen LogP) is 3.43. The van der Waals surface area contributed by atoms with Crippen LogP contribution in [0.5, 0.6) is 0 Å². The number of fused-ring (bicyclic) bond motifs is 1. The smallest absolute Gasteiger partial charge is 0.134 e. The molecule has 0 atom stereocenters. The van der Waals surface area contributed by atoms with Crippen LogP contribution >= 0.6 is 0 Å². The summed E-state index contributed by atoms with van der Waals surface area (Å²) in [7, 11) is 0. The number of hydrogen-bond donors (Lipinski definition) is 0. The van der Waals surface area contributed by atoms with Gasteiger partial charge in [0.2, 0.25) is 0 Å². The van der Waals surface area contributed by atoms with Gasteiger partial charge in [-0.25, -0.2) is 0 Å². The normalized spacial score (nSPS) is 10.7. The molecule has 2 aromatic rings. The minimum absolute atomic E-state index is 0.382. The molecule has 1 aromatic carbocycles. The lowest BCUT2D eigenvalue weighted by Crippen LogP contribution is -1.79. The van der Waals surface area contributed by atoms with Crippen molar-refractivity contribution in [3.63, 3.8) is 0 Å². The van der Waals surface area contributed by atoms with Gasteiger partial charge in [-0.2, -0.15) is 5.26 Å². The number of nitriles is 1. The van der Waals surface area contributed by atoms with Crippen molar-refractivity contribution in [1.29, 1.82) is 5.26 Å². The monoisotopic (exact) mass is 185 g/mol. The Morgan fingerprint density at radius 1 is 1.29 bits per heavy atom. The molecule has 0 amide bonds. The maximum Gasteiger partial charge on any atom is 0.134 e. The molecule has 1 heterocycles. The van der Waals surface area contributed by atoms with Crippen LogP contribution in [-0.4, -0.2) is 0 Å². The van der Waals surface area contributed by atoms with Crippen LogP contribution in [0.4, 0.5) is 0 Å². The second kappa shape index (κ2) is 3.19. The van der Waals surface area contributed by atoms with Crippen LogP contribution in [0.15, 0.2) is 28.7 Å². The van der Waals surface area contributed by atoms with E-state index < -0.39 is 0 Å². The number of nitrogens with zero attached hydrogens (tertiary/aromatic N) is 1. The maximum absolute atomic E-state index is 8.73. The van der Waals surface area contributed by atoms with Gasteiger partial charge in [0.05, 0.1) is 11.6 Å². The van der Waals surface area contributed by atoms with Crippen molar-refractivity contribution in [2.24, 2.45) is 0 Å². The summed E-state index contributed by atoms with van der Waals surface area (Å²) in [5.41, 5.74) is 1.53. The Balaban J connectivity index is 2.61. The minimum atomic E-state index is 0.382. The molecule has 0 N–H and O–H groups in total. The summed E-state index contributed by atoms with van der Waals surface area (Å²) in [5.74, 6) is 1.35. The summed E-state index contributed by atoms with van der Waals surface area (Å²) < 4.78 is 5.62. The second-order valence-corrected chi connectivity index (χ2v) is 3.67. The molecule has 0 spiro atoms. The fourth-order valence-electron chi connectivity index (χ4n) is 1.42. The van der Waals surface area contributed by atoms with E-state index in [1.165, 1.54) is 0 Å². The molecule has 0 bridgehead atoms. The molecule has 0 saturated heterocycles. The largest absolute Gasteiger partial charge is 0.461 e. The number of rotatable bonds is 1. The third-order valence-electron chi connectivity index (χ3n) is 2.23. The minimum Gasteiger partial charge on any atom is -0.461 e. The predicted molar refractivity (Wildman–Crippen MR) is 55.0 cm³/mol. The Bertz CT molecular complexity index is 503. The van der Waals surface area contributed by atoms with Crippen LogP contribution in [0.1, 0.15) is 31.1 Å². The third kappa shape index (κ3) is 1.38. The summed E-state index contributed by atoms with van der Waals surface area (Å²) in [4.78, 5) is 0. The lowest BCUT2D eigenvalue weighted by atomic mass is 10.1. The van der Waals surface area contributed by atoms with E-state index in [1.54, 1.807) is 6.07 Å². The Hall–Kier alpha value is -1.75. The Morgan fingerprint density at radius 3 is 2.71 bits per heavy atom. The summed E-state index contributed by atoms with van der Waals surface area (Å²) in [5, 5.41) is 9.74. The van der Waals surface area contributed by atoms with Gasteiger partial charge in [0.1, 0.15) is 11.3 Å².